The van der Waals surface area contributed by atoms with E-state index in [4.69, 9.17) is 9.88 Å². The van der Waals surface area contributed by atoms with Gasteiger partial charge in [0.15, 0.2) is 5.82 Å². The zero-order chi connectivity index (χ0) is 12.5. The number of nitrogens with zero attached hydrogens (tertiary/aromatic N) is 2. The van der Waals surface area contributed by atoms with E-state index in [1.807, 2.05) is 0 Å². The highest BCUT2D eigenvalue weighted by molar-refractivity contribution is 7.91. The smallest absolute Gasteiger partial charge is 0.266 e. The molecule has 6 nitrogen and oxygen atoms in total. The molecule has 0 saturated carbocycles. The van der Waals surface area contributed by atoms with Crippen molar-refractivity contribution in [3.05, 3.63) is 24.3 Å². The number of primary sulfonamides is 1. The van der Waals surface area contributed by atoms with E-state index in [9.17, 15) is 8.42 Å². The number of hydrogen-bond acceptors (Lipinski definition) is 6. The van der Waals surface area contributed by atoms with E-state index in [0.717, 1.165) is 11.5 Å². The summed E-state index contributed by atoms with van der Waals surface area (Å²) < 4.78 is 31.1. The van der Waals surface area contributed by atoms with Gasteiger partial charge in [0.25, 0.3) is 10.0 Å². The second-order valence-electron chi connectivity index (χ2n) is 3.13. The summed E-state index contributed by atoms with van der Waals surface area (Å²) in [5.74, 6) is 0.864. The Hall–Kier alpha value is -1.51. The van der Waals surface area contributed by atoms with Gasteiger partial charge in [0.2, 0.25) is 4.34 Å². The highest BCUT2D eigenvalue weighted by Crippen LogP contribution is 2.28. The zero-order valence-corrected chi connectivity index (χ0v) is 10.5. The third-order valence-corrected chi connectivity index (χ3v) is 4.01. The molecule has 0 saturated heterocycles. The Morgan fingerprint density at radius 2 is 2.06 bits per heavy atom. The molecule has 2 aromatic rings. The summed E-state index contributed by atoms with van der Waals surface area (Å²) in [6.07, 6.45) is 0. The van der Waals surface area contributed by atoms with E-state index < -0.39 is 10.0 Å². The molecule has 0 radical (unpaired) electrons. The van der Waals surface area contributed by atoms with Gasteiger partial charge in [-0.3, -0.25) is 0 Å². The summed E-state index contributed by atoms with van der Waals surface area (Å²) in [5, 5.41) is 4.97. The van der Waals surface area contributed by atoms with Crippen LogP contribution in [0.1, 0.15) is 0 Å². The third kappa shape index (κ3) is 2.43. The van der Waals surface area contributed by atoms with E-state index in [-0.39, 0.29) is 10.2 Å². The van der Waals surface area contributed by atoms with E-state index in [1.165, 1.54) is 7.11 Å². The van der Waals surface area contributed by atoms with Gasteiger partial charge < -0.3 is 4.74 Å². The SMILES string of the molecule is COc1ccccc1-c1nsc(S(N)(=O)=O)n1. The van der Waals surface area contributed by atoms with E-state index in [0.29, 0.717) is 11.3 Å². The van der Waals surface area contributed by atoms with Crippen molar-refractivity contribution < 1.29 is 13.2 Å². The molecular formula is C9H9N3O3S2. The molecule has 1 aromatic carbocycles. The largest absolute Gasteiger partial charge is 0.496 e. The highest BCUT2D eigenvalue weighted by atomic mass is 32.2. The van der Waals surface area contributed by atoms with Crippen molar-refractivity contribution >= 4 is 21.6 Å². The van der Waals surface area contributed by atoms with Gasteiger partial charge >= 0.3 is 0 Å². The monoisotopic (exact) mass is 271 g/mol. The van der Waals surface area contributed by atoms with Gasteiger partial charge in [-0.15, -0.1) is 0 Å². The normalized spacial score (nSPS) is 11.4. The van der Waals surface area contributed by atoms with E-state index in [2.05, 4.69) is 9.36 Å². The molecule has 90 valence electrons. The molecule has 8 heteroatoms. The highest BCUT2D eigenvalue weighted by Gasteiger charge is 2.17. The standard InChI is InChI=1S/C9H9N3O3S2/c1-15-7-5-3-2-4-6(7)8-11-9(16-12-8)17(10,13)14/h2-5H,1H3,(H2,10,13,14). The first-order chi connectivity index (χ1) is 8.02. The maximum atomic E-state index is 11.1. The van der Waals surface area contributed by atoms with Crippen molar-refractivity contribution in [2.24, 2.45) is 5.14 Å². The number of aromatic nitrogens is 2. The summed E-state index contributed by atoms with van der Waals surface area (Å²) in [6.45, 7) is 0. The van der Waals surface area contributed by atoms with Crippen LogP contribution in [0, 0.1) is 0 Å². The van der Waals surface area contributed by atoms with Crippen LogP contribution in [-0.2, 0) is 10.0 Å². The number of sulfonamides is 1. The molecule has 0 aliphatic heterocycles. The molecular weight excluding hydrogens is 262 g/mol. The Kier molecular flexibility index (Phi) is 3.09. The molecule has 2 N–H and O–H groups in total. The fraction of sp³-hybridized carbons (Fsp3) is 0.111. The molecule has 1 aromatic heterocycles. The second-order valence-corrected chi connectivity index (χ2v) is 5.62. The van der Waals surface area contributed by atoms with Crippen LogP contribution in [0.3, 0.4) is 0 Å². The minimum Gasteiger partial charge on any atom is -0.496 e. The average molecular weight is 271 g/mol. The number of rotatable bonds is 3. The lowest BCUT2D eigenvalue weighted by Crippen LogP contribution is -2.11. The van der Waals surface area contributed by atoms with Crippen molar-refractivity contribution in [3.8, 4) is 17.1 Å². The quantitative estimate of drug-likeness (QED) is 0.893. The summed E-state index contributed by atoms with van der Waals surface area (Å²) in [5.41, 5.74) is 0.626. The maximum absolute atomic E-state index is 11.1. The molecule has 1 heterocycles. The molecule has 0 unspecified atom stereocenters. The fourth-order valence-electron chi connectivity index (χ4n) is 1.26. The summed E-state index contributed by atoms with van der Waals surface area (Å²) >= 11 is 0.741. The predicted octanol–water partition coefficient (Wildman–Crippen LogP) is 0.861. The third-order valence-electron chi connectivity index (χ3n) is 2.00. The summed E-state index contributed by atoms with van der Waals surface area (Å²) in [7, 11) is -2.29. The average Bonchev–Trinajstić information content (AvgIpc) is 2.77. The van der Waals surface area contributed by atoms with Gasteiger partial charge in [0.1, 0.15) is 5.75 Å². The van der Waals surface area contributed by atoms with Crippen molar-refractivity contribution in [2.45, 2.75) is 4.34 Å². The zero-order valence-electron chi connectivity index (χ0n) is 8.82. The van der Waals surface area contributed by atoms with Gasteiger partial charge in [-0.1, -0.05) is 12.1 Å². The molecule has 0 bridgehead atoms. The molecule has 17 heavy (non-hydrogen) atoms. The Bertz CT molecular complexity index is 636. The Morgan fingerprint density at radius 3 is 2.65 bits per heavy atom. The summed E-state index contributed by atoms with van der Waals surface area (Å²) in [4.78, 5) is 3.87. The van der Waals surface area contributed by atoms with Gasteiger partial charge in [0.05, 0.1) is 12.7 Å². The number of nitrogens with two attached hydrogens (primary N) is 1. The van der Waals surface area contributed by atoms with Crippen LogP contribution in [0.4, 0.5) is 0 Å². The number of benzene rings is 1. The molecule has 0 spiro atoms. The van der Waals surface area contributed by atoms with Crippen molar-refractivity contribution in [1.29, 1.82) is 0 Å². The van der Waals surface area contributed by atoms with Crippen LogP contribution in [0.15, 0.2) is 28.6 Å². The number of hydrogen-bond donors (Lipinski definition) is 1. The molecule has 0 aliphatic rings. The Labute approximate surface area is 102 Å². The summed E-state index contributed by atoms with van der Waals surface area (Å²) in [6, 6.07) is 7.07. The maximum Gasteiger partial charge on any atom is 0.266 e. The molecule has 0 amide bonds. The van der Waals surface area contributed by atoms with Crippen LogP contribution in [0.5, 0.6) is 5.75 Å². The second kappa shape index (κ2) is 4.40. The molecule has 0 atom stereocenters. The van der Waals surface area contributed by atoms with Crippen molar-refractivity contribution in [3.63, 3.8) is 0 Å². The van der Waals surface area contributed by atoms with Crippen LogP contribution in [0.25, 0.3) is 11.4 Å². The first kappa shape index (κ1) is 12.0. The van der Waals surface area contributed by atoms with Gasteiger partial charge in [0, 0.05) is 0 Å². The van der Waals surface area contributed by atoms with E-state index in [1.54, 1.807) is 24.3 Å². The van der Waals surface area contributed by atoms with E-state index >= 15 is 0 Å². The van der Waals surface area contributed by atoms with Crippen molar-refractivity contribution in [1.82, 2.24) is 9.36 Å². The van der Waals surface area contributed by atoms with Crippen LogP contribution >= 0.6 is 11.5 Å². The molecule has 2 rings (SSSR count). The minimum atomic E-state index is -3.81. The van der Waals surface area contributed by atoms with Crippen LogP contribution in [0.2, 0.25) is 0 Å². The van der Waals surface area contributed by atoms with Crippen LogP contribution in [-0.4, -0.2) is 24.9 Å². The fourth-order valence-corrected chi connectivity index (χ4v) is 2.44. The number of methoxy groups -OCH3 is 1. The number of ether oxygens (including phenoxy) is 1. The lowest BCUT2D eigenvalue weighted by Gasteiger charge is -2.03. The molecule has 0 aliphatic carbocycles. The predicted molar refractivity (Wildman–Crippen MR) is 63.3 cm³/mol. The first-order valence-corrected chi connectivity index (χ1v) is 6.84. The molecule has 0 fully saturated rings. The topological polar surface area (TPSA) is 95.2 Å². The van der Waals surface area contributed by atoms with Gasteiger partial charge in [-0.25, -0.2) is 18.5 Å². The Morgan fingerprint density at radius 1 is 1.35 bits per heavy atom. The lowest BCUT2D eigenvalue weighted by atomic mass is 10.2. The first-order valence-electron chi connectivity index (χ1n) is 4.52. The van der Waals surface area contributed by atoms with Crippen molar-refractivity contribution in [2.75, 3.05) is 7.11 Å². The Balaban J connectivity index is 2.51. The van der Waals surface area contributed by atoms with Gasteiger partial charge in [-0.05, 0) is 23.7 Å². The lowest BCUT2D eigenvalue weighted by molar-refractivity contribution is 0.416. The van der Waals surface area contributed by atoms with Crippen LogP contribution < -0.4 is 9.88 Å². The van der Waals surface area contributed by atoms with Gasteiger partial charge in [-0.2, -0.15) is 4.37 Å². The minimum absolute atomic E-state index is 0.210. The number of para-hydroxylation sites is 1.